The maximum Gasteiger partial charge on any atom is 0.0552 e. The number of benzene rings is 1. The van der Waals surface area contributed by atoms with Crippen molar-refractivity contribution in [3.05, 3.63) is 65.5 Å². The van der Waals surface area contributed by atoms with Gasteiger partial charge in [-0.25, -0.2) is 0 Å². The lowest BCUT2D eigenvalue weighted by Gasteiger charge is -2.13. The molecular formula is C14H16N2. The lowest BCUT2D eigenvalue weighted by Crippen LogP contribution is -2.11. The number of nitrogens with zero attached hydrogens (tertiary/aromatic N) is 1. The van der Waals surface area contributed by atoms with Crippen molar-refractivity contribution in [2.45, 2.75) is 19.4 Å². The Kier molecular flexibility index (Phi) is 3.32. The van der Waals surface area contributed by atoms with Crippen molar-refractivity contribution in [3.63, 3.8) is 0 Å². The quantitative estimate of drug-likeness (QED) is 0.849. The molecule has 16 heavy (non-hydrogen) atoms. The van der Waals surface area contributed by atoms with Crippen molar-refractivity contribution in [3.8, 4) is 0 Å². The highest BCUT2D eigenvalue weighted by molar-refractivity contribution is 5.32. The monoisotopic (exact) mass is 212 g/mol. The molecule has 0 spiro atoms. The Morgan fingerprint density at radius 2 is 1.88 bits per heavy atom. The van der Waals surface area contributed by atoms with Gasteiger partial charge in [-0.3, -0.25) is 4.98 Å². The molecule has 0 saturated heterocycles. The molecule has 0 aliphatic heterocycles. The van der Waals surface area contributed by atoms with Crippen LogP contribution in [0.5, 0.6) is 0 Å². The van der Waals surface area contributed by atoms with Gasteiger partial charge in [0, 0.05) is 12.4 Å². The molecule has 0 aliphatic rings. The van der Waals surface area contributed by atoms with E-state index in [4.69, 9.17) is 5.73 Å². The predicted octanol–water partition coefficient (Wildman–Crippen LogP) is 2.69. The molecule has 82 valence electrons. The van der Waals surface area contributed by atoms with E-state index in [2.05, 4.69) is 36.2 Å². The first kappa shape index (κ1) is 10.8. The molecule has 0 amide bonds. The summed E-state index contributed by atoms with van der Waals surface area (Å²) in [6, 6.07) is 12.3. The van der Waals surface area contributed by atoms with Crippen LogP contribution in [0.25, 0.3) is 0 Å². The van der Waals surface area contributed by atoms with Gasteiger partial charge in [-0.2, -0.15) is 0 Å². The summed E-state index contributed by atoms with van der Waals surface area (Å²) >= 11 is 0. The molecule has 0 saturated carbocycles. The van der Waals surface area contributed by atoms with Gasteiger partial charge in [0.05, 0.1) is 6.04 Å². The molecule has 1 atom stereocenters. The first-order valence-corrected chi connectivity index (χ1v) is 5.55. The summed E-state index contributed by atoms with van der Waals surface area (Å²) in [5.41, 5.74) is 9.79. The Morgan fingerprint density at radius 3 is 2.56 bits per heavy atom. The van der Waals surface area contributed by atoms with Crippen LogP contribution in [0.2, 0.25) is 0 Å². The molecule has 2 rings (SSSR count). The van der Waals surface area contributed by atoms with Crippen molar-refractivity contribution in [2.24, 2.45) is 5.73 Å². The Hall–Kier alpha value is -1.67. The van der Waals surface area contributed by atoms with Gasteiger partial charge in [0.2, 0.25) is 0 Å². The van der Waals surface area contributed by atoms with E-state index in [9.17, 15) is 0 Å². The molecule has 2 aromatic rings. The molecule has 2 N–H and O–H groups in total. The molecule has 1 heterocycles. The second kappa shape index (κ2) is 4.90. The van der Waals surface area contributed by atoms with E-state index in [0.717, 1.165) is 17.5 Å². The summed E-state index contributed by atoms with van der Waals surface area (Å²) in [4.78, 5) is 4.00. The summed E-state index contributed by atoms with van der Waals surface area (Å²) in [5.74, 6) is 0. The van der Waals surface area contributed by atoms with Crippen molar-refractivity contribution >= 4 is 0 Å². The minimum Gasteiger partial charge on any atom is -0.320 e. The van der Waals surface area contributed by atoms with Gasteiger partial charge < -0.3 is 5.73 Å². The van der Waals surface area contributed by atoms with Crippen LogP contribution in [-0.2, 0) is 6.42 Å². The first-order chi connectivity index (χ1) is 7.81. The third-order valence-electron chi connectivity index (χ3n) is 2.78. The summed E-state index contributed by atoms with van der Waals surface area (Å²) in [7, 11) is 0. The van der Waals surface area contributed by atoms with Crippen molar-refractivity contribution in [2.75, 3.05) is 0 Å². The zero-order valence-electron chi connectivity index (χ0n) is 9.43. The van der Waals surface area contributed by atoms with Crippen LogP contribution in [0.4, 0.5) is 0 Å². The number of hydrogen-bond donors (Lipinski definition) is 1. The molecule has 0 aliphatic carbocycles. The molecule has 0 fully saturated rings. The van der Waals surface area contributed by atoms with E-state index in [-0.39, 0.29) is 6.04 Å². The number of nitrogens with two attached hydrogens (primary N) is 1. The van der Waals surface area contributed by atoms with E-state index in [0.29, 0.717) is 0 Å². The minimum absolute atomic E-state index is 0.0606. The zero-order valence-corrected chi connectivity index (χ0v) is 9.43. The van der Waals surface area contributed by atoms with Crippen LogP contribution < -0.4 is 5.73 Å². The zero-order chi connectivity index (χ0) is 11.4. The highest BCUT2D eigenvalue weighted by Crippen LogP contribution is 2.19. The topological polar surface area (TPSA) is 38.9 Å². The van der Waals surface area contributed by atoms with Crippen molar-refractivity contribution < 1.29 is 0 Å². The van der Waals surface area contributed by atoms with Crippen LogP contribution in [-0.4, -0.2) is 4.98 Å². The number of aryl methyl sites for hydroxylation is 1. The minimum atomic E-state index is -0.0606. The molecule has 0 radical (unpaired) electrons. The van der Waals surface area contributed by atoms with Crippen molar-refractivity contribution in [1.82, 2.24) is 4.98 Å². The average Bonchev–Trinajstić information content (AvgIpc) is 2.39. The highest BCUT2D eigenvalue weighted by Gasteiger charge is 2.08. The summed E-state index contributed by atoms with van der Waals surface area (Å²) in [6.07, 6.45) is 4.59. The number of aromatic nitrogens is 1. The predicted molar refractivity (Wildman–Crippen MR) is 66.1 cm³/mol. The summed E-state index contributed by atoms with van der Waals surface area (Å²) in [5, 5.41) is 0. The molecular weight excluding hydrogens is 196 g/mol. The van der Waals surface area contributed by atoms with Crippen LogP contribution >= 0.6 is 0 Å². The maximum atomic E-state index is 6.21. The highest BCUT2D eigenvalue weighted by atomic mass is 14.7. The van der Waals surface area contributed by atoms with Crippen LogP contribution in [0, 0.1) is 0 Å². The average molecular weight is 212 g/mol. The van der Waals surface area contributed by atoms with E-state index in [1.165, 1.54) is 5.56 Å². The third kappa shape index (κ3) is 2.28. The van der Waals surface area contributed by atoms with E-state index in [1.807, 2.05) is 12.1 Å². The van der Waals surface area contributed by atoms with Crippen LogP contribution in [0.3, 0.4) is 0 Å². The first-order valence-electron chi connectivity index (χ1n) is 5.55. The fraction of sp³-hybridized carbons (Fsp3) is 0.214. The second-order valence-electron chi connectivity index (χ2n) is 3.86. The molecule has 2 nitrogen and oxygen atoms in total. The van der Waals surface area contributed by atoms with Gasteiger partial charge in [0.15, 0.2) is 0 Å². The standard InChI is InChI=1S/C14H16N2/c1-2-11-4-3-5-13(10-11)14(15)12-6-8-16-9-7-12/h3-10,14H,2,15H2,1H3. The van der Waals surface area contributed by atoms with Gasteiger partial charge in [-0.15, -0.1) is 0 Å². The maximum absolute atomic E-state index is 6.21. The fourth-order valence-corrected chi connectivity index (χ4v) is 1.77. The van der Waals surface area contributed by atoms with Crippen LogP contribution in [0.15, 0.2) is 48.8 Å². The second-order valence-corrected chi connectivity index (χ2v) is 3.86. The SMILES string of the molecule is CCc1cccc(C(N)c2ccncc2)c1. The lowest BCUT2D eigenvalue weighted by atomic mass is 9.98. The van der Waals surface area contributed by atoms with E-state index in [1.54, 1.807) is 12.4 Å². The Balaban J connectivity index is 2.30. The Labute approximate surface area is 96.1 Å². The van der Waals surface area contributed by atoms with E-state index < -0.39 is 0 Å². The van der Waals surface area contributed by atoms with Crippen LogP contribution in [0.1, 0.15) is 29.7 Å². The Morgan fingerprint density at radius 1 is 1.12 bits per heavy atom. The molecule has 2 heteroatoms. The largest absolute Gasteiger partial charge is 0.320 e. The normalized spacial score (nSPS) is 12.4. The molecule has 1 unspecified atom stereocenters. The lowest BCUT2D eigenvalue weighted by molar-refractivity contribution is 0.864. The smallest absolute Gasteiger partial charge is 0.0552 e. The van der Waals surface area contributed by atoms with Gasteiger partial charge in [0.25, 0.3) is 0 Å². The molecule has 0 bridgehead atoms. The Bertz CT molecular complexity index is 451. The number of pyridine rings is 1. The van der Waals surface area contributed by atoms with Gasteiger partial charge >= 0.3 is 0 Å². The molecule has 1 aromatic heterocycles. The summed E-state index contributed by atoms with van der Waals surface area (Å²) < 4.78 is 0. The third-order valence-corrected chi connectivity index (χ3v) is 2.78. The van der Waals surface area contributed by atoms with Crippen molar-refractivity contribution in [1.29, 1.82) is 0 Å². The van der Waals surface area contributed by atoms with Gasteiger partial charge in [0.1, 0.15) is 0 Å². The number of hydrogen-bond acceptors (Lipinski definition) is 2. The molecule has 1 aromatic carbocycles. The fourth-order valence-electron chi connectivity index (χ4n) is 1.77. The van der Waals surface area contributed by atoms with Gasteiger partial charge in [-0.05, 0) is 35.2 Å². The number of rotatable bonds is 3. The summed E-state index contributed by atoms with van der Waals surface area (Å²) in [6.45, 7) is 2.15. The van der Waals surface area contributed by atoms with E-state index >= 15 is 0 Å². The van der Waals surface area contributed by atoms with Gasteiger partial charge in [-0.1, -0.05) is 31.2 Å².